The summed E-state index contributed by atoms with van der Waals surface area (Å²) >= 11 is 0. The fraction of sp³-hybridized carbons (Fsp3) is 0.714. The molecule has 1 rings (SSSR count). The summed E-state index contributed by atoms with van der Waals surface area (Å²) in [5.41, 5.74) is 0. The predicted molar refractivity (Wildman–Crippen MR) is 38.3 cm³/mol. The van der Waals surface area contributed by atoms with Crippen LogP contribution in [-0.2, 0) is 4.79 Å². The average Bonchev–Trinajstić information content (AvgIpc) is 1.88. The third kappa shape index (κ3) is 1.56. The van der Waals surface area contributed by atoms with Gasteiger partial charge in [0.15, 0.2) is 0 Å². The lowest BCUT2D eigenvalue weighted by atomic mass is 9.94. The molecule has 1 aliphatic heterocycles. The van der Waals surface area contributed by atoms with Gasteiger partial charge in [-0.25, -0.2) is 0 Å². The van der Waals surface area contributed by atoms with E-state index >= 15 is 0 Å². The van der Waals surface area contributed by atoms with E-state index < -0.39 is 5.97 Å². The summed E-state index contributed by atoms with van der Waals surface area (Å²) in [5, 5.41) is 8.58. The number of carboxylic acids is 1. The Kier molecular flexibility index (Phi) is 2.04. The van der Waals surface area contributed by atoms with Gasteiger partial charge in [-0.05, 0) is 12.3 Å². The highest BCUT2D eigenvalue weighted by Gasteiger charge is 2.21. The maximum atomic E-state index is 10.4. The maximum Gasteiger partial charge on any atom is 0.308 e. The smallest absolute Gasteiger partial charge is 0.308 e. The molecule has 0 spiro atoms. The van der Waals surface area contributed by atoms with Crippen LogP contribution in [0, 0.1) is 11.8 Å². The van der Waals surface area contributed by atoms with Gasteiger partial charge in [0.1, 0.15) is 0 Å². The van der Waals surface area contributed by atoms with Gasteiger partial charge in [-0.2, -0.15) is 0 Å². The van der Waals surface area contributed by atoms with Crippen molar-refractivity contribution in [2.24, 2.45) is 16.8 Å². The molecule has 0 aromatic carbocycles. The summed E-state index contributed by atoms with van der Waals surface area (Å²) in [5.74, 6) is -0.640. The Bertz CT molecular complexity index is 165. The van der Waals surface area contributed by atoms with Crippen LogP contribution < -0.4 is 0 Å². The Morgan fingerprint density at radius 2 is 2.50 bits per heavy atom. The van der Waals surface area contributed by atoms with Gasteiger partial charge in [-0.3, -0.25) is 9.79 Å². The van der Waals surface area contributed by atoms with Crippen LogP contribution in [-0.4, -0.2) is 23.8 Å². The molecular formula is C7H11NO2. The molecule has 10 heavy (non-hydrogen) atoms. The van der Waals surface area contributed by atoms with Gasteiger partial charge in [0.2, 0.25) is 0 Å². The van der Waals surface area contributed by atoms with E-state index in [2.05, 4.69) is 4.99 Å². The van der Waals surface area contributed by atoms with Crippen molar-refractivity contribution in [1.82, 2.24) is 0 Å². The van der Waals surface area contributed by atoms with E-state index in [9.17, 15) is 4.79 Å². The second kappa shape index (κ2) is 2.82. The predicted octanol–water partition coefficient (Wildman–Crippen LogP) is 0.798. The highest BCUT2D eigenvalue weighted by Crippen LogP contribution is 2.15. The van der Waals surface area contributed by atoms with Crippen molar-refractivity contribution in [3.8, 4) is 0 Å². The molecule has 2 atom stereocenters. The van der Waals surface area contributed by atoms with Crippen LogP contribution in [0.5, 0.6) is 0 Å². The molecule has 0 amide bonds. The van der Waals surface area contributed by atoms with E-state index in [4.69, 9.17) is 5.11 Å². The first-order chi connectivity index (χ1) is 4.70. The van der Waals surface area contributed by atoms with Crippen molar-refractivity contribution in [3.05, 3.63) is 0 Å². The standard InChI is InChI=1S/C7H11NO2/c1-5-2-6(7(9)10)4-8-3-5/h3,5-6H,2,4H2,1H3,(H,9,10)/t5-,6+/m0/s1. The minimum absolute atomic E-state index is 0.250. The third-order valence-corrected chi connectivity index (χ3v) is 1.69. The van der Waals surface area contributed by atoms with Crippen molar-refractivity contribution >= 4 is 12.2 Å². The van der Waals surface area contributed by atoms with Crippen molar-refractivity contribution in [2.75, 3.05) is 6.54 Å². The van der Waals surface area contributed by atoms with Gasteiger partial charge in [-0.1, -0.05) is 6.92 Å². The van der Waals surface area contributed by atoms with Gasteiger partial charge < -0.3 is 5.11 Å². The normalized spacial score (nSPS) is 32.1. The van der Waals surface area contributed by atoms with Crippen molar-refractivity contribution in [1.29, 1.82) is 0 Å². The molecule has 0 fully saturated rings. The molecule has 1 N–H and O–H groups in total. The number of rotatable bonds is 1. The molecule has 3 nitrogen and oxygen atoms in total. The number of hydrogen-bond acceptors (Lipinski definition) is 2. The van der Waals surface area contributed by atoms with Gasteiger partial charge in [0, 0.05) is 6.21 Å². The SMILES string of the molecule is C[C@@H]1C=NC[C@H](C(=O)O)C1. The third-order valence-electron chi connectivity index (χ3n) is 1.69. The molecule has 56 valence electrons. The zero-order valence-electron chi connectivity index (χ0n) is 5.95. The Balaban J connectivity index is 2.52. The van der Waals surface area contributed by atoms with Crippen LogP contribution >= 0.6 is 0 Å². The maximum absolute atomic E-state index is 10.4. The van der Waals surface area contributed by atoms with Crippen molar-refractivity contribution in [3.63, 3.8) is 0 Å². The molecule has 0 aromatic rings. The number of carbonyl (C=O) groups is 1. The lowest BCUT2D eigenvalue weighted by Gasteiger charge is -2.16. The quantitative estimate of drug-likeness (QED) is 0.587. The Hall–Kier alpha value is -0.860. The van der Waals surface area contributed by atoms with Crippen LogP contribution in [0.25, 0.3) is 0 Å². The number of carboxylic acid groups (broad SMARTS) is 1. The molecule has 0 saturated carbocycles. The lowest BCUT2D eigenvalue weighted by molar-refractivity contribution is -0.141. The molecule has 0 radical (unpaired) electrons. The minimum atomic E-state index is -0.719. The largest absolute Gasteiger partial charge is 0.481 e. The summed E-state index contributed by atoms with van der Waals surface area (Å²) < 4.78 is 0. The fourth-order valence-electron chi connectivity index (χ4n) is 1.13. The highest BCUT2D eigenvalue weighted by molar-refractivity contribution is 5.73. The van der Waals surface area contributed by atoms with E-state index in [-0.39, 0.29) is 5.92 Å². The first-order valence-corrected chi connectivity index (χ1v) is 3.43. The van der Waals surface area contributed by atoms with Crippen LogP contribution in [0.3, 0.4) is 0 Å². The van der Waals surface area contributed by atoms with Crippen LogP contribution in [0.2, 0.25) is 0 Å². The molecule has 3 heteroatoms. The van der Waals surface area contributed by atoms with E-state index in [1.165, 1.54) is 0 Å². The van der Waals surface area contributed by atoms with Gasteiger partial charge in [-0.15, -0.1) is 0 Å². The molecule has 0 aliphatic carbocycles. The van der Waals surface area contributed by atoms with Gasteiger partial charge in [0.05, 0.1) is 12.5 Å². The summed E-state index contributed by atoms with van der Waals surface area (Å²) in [7, 11) is 0. The van der Waals surface area contributed by atoms with E-state index in [1.54, 1.807) is 0 Å². The van der Waals surface area contributed by atoms with Crippen molar-refractivity contribution < 1.29 is 9.90 Å². The van der Waals surface area contributed by atoms with Crippen LogP contribution in [0.4, 0.5) is 0 Å². The Morgan fingerprint density at radius 3 is 2.90 bits per heavy atom. The van der Waals surface area contributed by atoms with Gasteiger partial charge >= 0.3 is 5.97 Å². The summed E-state index contributed by atoms with van der Waals surface area (Å²) in [6.45, 7) is 2.44. The summed E-state index contributed by atoms with van der Waals surface area (Å²) in [4.78, 5) is 14.4. The Morgan fingerprint density at radius 1 is 1.80 bits per heavy atom. The summed E-state index contributed by atoms with van der Waals surface area (Å²) in [6, 6.07) is 0. The monoisotopic (exact) mass is 141 g/mol. The second-order valence-electron chi connectivity index (χ2n) is 2.76. The molecule has 0 unspecified atom stereocenters. The van der Waals surface area contributed by atoms with Gasteiger partial charge in [0.25, 0.3) is 0 Å². The molecular weight excluding hydrogens is 130 g/mol. The number of aliphatic imine (C=N–C) groups is 1. The highest BCUT2D eigenvalue weighted by atomic mass is 16.4. The van der Waals surface area contributed by atoms with E-state index in [0.29, 0.717) is 12.5 Å². The fourth-order valence-corrected chi connectivity index (χ4v) is 1.13. The number of hydrogen-bond donors (Lipinski definition) is 1. The van der Waals surface area contributed by atoms with Crippen LogP contribution in [0.15, 0.2) is 4.99 Å². The van der Waals surface area contributed by atoms with E-state index in [0.717, 1.165) is 6.42 Å². The number of nitrogens with zero attached hydrogens (tertiary/aromatic N) is 1. The topological polar surface area (TPSA) is 49.7 Å². The average molecular weight is 141 g/mol. The number of aliphatic carboxylic acids is 1. The Labute approximate surface area is 59.8 Å². The van der Waals surface area contributed by atoms with Crippen molar-refractivity contribution in [2.45, 2.75) is 13.3 Å². The first-order valence-electron chi connectivity index (χ1n) is 3.43. The molecule has 0 bridgehead atoms. The summed E-state index contributed by atoms with van der Waals surface area (Å²) in [6.07, 6.45) is 2.57. The first kappa shape index (κ1) is 7.25. The molecule has 0 saturated heterocycles. The minimum Gasteiger partial charge on any atom is -0.481 e. The lowest BCUT2D eigenvalue weighted by Crippen LogP contribution is -2.23. The molecule has 1 aliphatic rings. The van der Waals surface area contributed by atoms with E-state index in [1.807, 2.05) is 13.1 Å². The second-order valence-corrected chi connectivity index (χ2v) is 2.76. The zero-order valence-corrected chi connectivity index (χ0v) is 5.95. The van der Waals surface area contributed by atoms with Crippen LogP contribution in [0.1, 0.15) is 13.3 Å². The zero-order chi connectivity index (χ0) is 7.56. The molecule has 1 heterocycles. The molecule has 0 aromatic heterocycles.